The molecule has 1 fully saturated rings. The zero-order valence-corrected chi connectivity index (χ0v) is 7.86. The maximum absolute atomic E-state index is 10.5. The van der Waals surface area contributed by atoms with E-state index < -0.39 is 0 Å². The minimum atomic E-state index is 0.109. The van der Waals surface area contributed by atoms with Gasteiger partial charge in [-0.3, -0.25) is 10.2 Å². The van der Waals surface area contributed by atoms with Crippen molar-refractivity contribution < 1.29 is 4.79 Å². The van der Waals surface area contributed by atoms with E-state index in [1.165, 1.54) is 0 Å². The molecule has 0 aromatic heterocycles. The predicted molar refractivity (Wildman–Crippen MR) is 50.3 cm³/mol. The van der Waals surface area contributed by atoms with Gasteiger partial charge < -0.3 is 15.5 Å². The first-order valence-corrected chi connectivity index (χ1v) is 4.49. The fourth-order valence-electron chi connectivity index (χ4n) is 1.64. The van der Waals surface area contributed by atoms with E-state index in [1.54, 1.807) is 4.90 Å². The summed E-state index contributed by atoms with van der Waals surface area (Å²) in [6.07, 6.45) is 1.77. The molecular weight excluding hydrogens is 168 g/mol. The lowest BCUT2D eigenvalue weighted by Gasteiger charge is -2.39. The van der Waals surface area contributed by atoms with Gasteiger partial charge in [0, 0.05) is 25.7 Å². The minimum absolute atomic E-state index is 0.109. The molecule has 0 saturated carbocycles. The first kappa shape index (κ1) is 9.83. The Morgan fingerprint density at radius 3 is 2.85 bits per heavy atom. The Hall–Kier alpha value is -1.26. The van der Waals surface area contributed by atoms with Crippen molar-refractivity contribution in [3.63, 3.8) is 0 Å². The van der Waals surface area contributed by atoms with Crippen LogP contribution in [0.5, 0.6) is 0 Å². The first-order chi connectivity index (χ1) is 6.19. The monoisotopic (exact) mass is 184 g/mol. The molecule has 5 heteroatoms. The van der Waals surface area contributed by atoms with E-state index in [2.05, 4.69) is 0 Å². The maximum atomic E-state index is 10.5. The van der Waals surface area contributed by atoms with Crippen LogP contribution in [0.3, 0.4) is 0 Å². The Morgan fingerprint density at radius 2 is 2.38 bits per heavy atom. The minimum Gasteiger partial charge on any atom is -0.370 e. The fraction of sp³-hybridized carbons (Fsp3) is 0.750. The number of amides is 1. The summed E-state index contributed by atoms with van der Waals surface area (Å²) in [4.78, 5) is 14.1. The van der Waals surface area contributed by atoms with Crippen LogP contribution in [-0.4, -0.2) is 47.8 Å². The van der Waals surface area contributed by atoms with Crippen LogP contribution in [0.4, 0.5) is 0 Å². The Kier molecular flexibility index (Phi) is 3.11. The smallest absolute Gasteiger partial charge is 0.209 e. The van der Waals surface area contributed by atoms with Crippen LogP contribution in [-0.2, 0) is 4.79 Å². The third-order valence-electron chi connectivity index (χ3n) is 2.44. The van der Waals surface area contributed by atoms with Crippen LogP contribution in [0.1, 0.15) is 13.3 Å². The Bertz CT molecular complexity index is 206. The average Bonchev–Trinajstić information content (AvgIpc) is 2.16. The molecule has 1 rings (SSSR count). The van der Waals surface area contributed by atoms with Gasteiger partial charge in [0.15, 0.2) is 5.96 Å². The quantitative estimate of drug-likeness (QED) is 0.343. The highest BCUT2D eigenvalue weighted by molar-refractivity contribution is 5.75. The molecule has 0 aliphatic carbocycles. The number of hydrogen-bond acceptors (Lipinski definition) is 2. The molecule has 13 heavy (non-hydrogen) atoms. The number of piperazine rings is 1. The van der Waals surface area contributed by atoms with Gasteiger partial charge in [0.05, 0.1) is 0 Å². The van der Waals surface area contributed by atoms with Crippen LogP contribution >= 0.6 is 0 Å². The van der Waals surface area contributed by atoms with E-state index in [1.807, 2.05) is 11.8 Å². The number of nitrogens with two attached hydrogens (primary N) is 1. The van der Waals surface area contributed by atoms with Crippen molar-refractivity contribution in [2.45, 2.75) is 19.4 Å². The van der Waals surface area contributed by atoms with Gasteiger partial charge in [0.25, 0.3) is 0 Å². The molecule has 1 aliphatic rings. The molecule has 1 heterocycles. The normalized spacial score (nSPS) is 23.0. The zero-order chi connectivity index (χ0) is 9.84. The van der Waals surface area contributed by atoms with Crippen LogP contribution in [0, 0.1) is 5.41 Å². The van der Waals surface area contributed by atoms with Gasteiger partial charge in [-0.25, -0.2) is 0 Å². The van der Waals surface area contributed by atoms with Gasteiger partial charge in [-0.2, -0.15) is 0 Å². The summed E-state index contributed by atoms with van der Waals surface area (Å²) in [5.41, 5.74) is 5.42. The van der Waals surface area contributed by atoms with Crippen LogP contribution < -0.4 is 5.73 Å². The van der Waals surface area contributed by atoms with Gasteiger partial charge in [-0.15, -0.1) is 0 Å². The molecule has 1 amide bonds. The molecule has 0 aromatic carbocycles. The van der Waals surface area contributed by atoms with E-state index in [9.17, 15) is 4.79 Å². The second-order valence-electron chi connectivity index (χ2n) is 3.24. The van der Waals surface area contributed by atoms with Crippen molar-refractivity contribution in [1.82, 2.24) is 9.80 Å². The lowest BCUT2D eigenvalue weighted by Crippen LogP contribution is -2.56. The lowest BCUT2D eigenvalue weighted by molar-refractivity contribution is -0.120. The van der Waals surface area contributed by atoms with Crippen molar-refractivity contribution in [1.29, 1.82) is 5.41 Å². The SMILES string of the molecule is CCC1CN(C=O)CCN1C(=N)N. The maximum Gasteiger partial charge on any atom is 0.209 e. The molecule has 5 nitrogen and oxygen atoms in total. The van der Waals surface area contributed by atoms with Gasteiger partial charge in [-0.1, -0.05) is 6.92 Å². The molecule has 0 spiro atoms. The topological polar surface area (TPSA) is 73.4 Å². The second kappa shape index (κ2) is 4.11. The Labute approximate surface area is 78.0 Å². The first-order valence-electron chi connectivity index (χ1n) is 4.49. The standard InChI is InChI=1S/C8H16N4O/c1-2-7-5-11(6-13)3-4-12(7)8(9)10/h6-7H,2-5H2,1H3,(H3,9,10). The van der Waals surface area contributed by atoms with E-state index in [4.69, 9.17) is 11.1 Å². The number of nitrogens with zero attached hydrogens (tertiary/aromatic N) is 2. The van der Waals surface area contributed by atoms with Crippen molar-refractivity contribution in [2.24, 2.45) is 5.73 Å². The highest BCUT2D eigenvalue weighted by Gasteiger charge is 2.25. The van der Waals surface area contributed by atoms with E-state index >= 15 is 0 Å². The number of carbonyl (C=O) groups excluding carboxylic acids is 1. The van der Waals surface area contributed by atoms with Crippen molar-refractivity contribution in [2.75, 3.05) is 19.6 Å². The number of hydrogen-bond donors (Lipinski definition) is 2. The summed E-state index contributed by atoms with van der Waals surface area (Å²) in [7, 11) is 0. The fourth-order valence-corrected chi connectivity index (χ4v) is 1.64. The molecular formula is C8H16N4O. The molecule has 3 N–H and O–H groups in total. The number of nitrogens with one attached hydrogen (secondary N) is 1. The van der Waals surface area contributed by atoms with Crippen LogP contribution in [0.2, 0.25) is 0 Å². The number of rotatable bonds is 2. The highest BCUT2D eigenvalue weighted by Crippen LogP contribution is 2.10. The number of guanidine groups is 1. The molecule has 1 unspecified atom stereocenters. The Morgan fingerprint density at radius 1 is 1.69 bits per heavy atom. The summed E-state index contributed by atoms with van der Waals surface area (Å²) in [5.74, 6) is 0.109. The Balaban J connectivity index is 2.59. The highest BCUT2D eigenvalue weighted by atomic mass is 16.1. The van der Waals surface area contributed by atoms with E-state index in [0.717, 1.165) is 12.8 Å². The third kappa shape index (κ3) is 2.11. The van der Waals surface area contributed by atoms with Gasteiger partial charge in [0.1, 0.15) is 0 Å². The molecule has 74 valence electrons. The summed E-state index contributed by atoms with van der Waals surface area (Å²) in [5, 5.41) is 7.34. The average molecular weight is 184 g/mol. The zero-order valence-electron chi connectivity index (χ0n) is 7.86. The van der Waals surface area contributed by atoms with Gasteiger partial charge in [-0.05, 0) is 6.42 Å². The third-order valence-corrected chi connectivity index (χ3v) is 2.44. The molecule has 1 atom stereocenters. The summed E-state index contributed by atoms with van der Waals surface area (Å²) in [6, 6.07) is 0.205. The van der Waals surface area contributed by atoms with Crippen LogP contribution in [0.25, 0.3) is 0 Å². The summed E-state index contributed by atoms with van der Waals surface area (Å²) in [6.45, 7) is 4.06. The van der Waals surface area contributed by atoms with Crippen molar-refractivity contribution in [3.05, 3.63) is 0 Å². The second-order valence-corrected chi connectivity index (χ2v) is 3.24. The molecule has 1 aliphatic heterocycles. The van der Waals surface area contributed by atoms with Gasteiger partial charge in [0.2, 0.25) is 6.41 Å². The van der Waals surface area contributed by atoms with Gasteiger partial charge >= 0.3 is 0 Å². The molecule has 0 aromatic rings. The van der Waals surface area contributed by atoms with Crippen LogP contribution in [0.15, 0.2) is 0 Å². The van der Waals surface area contributed by atoms with E-state index in [0.29, 0.717) is 19.6 Å². The molecule has 0 bridgehead atoms. The molecule has 1 saturated heterocycles. The summed E-state index contributed by atoms with van der Waals surface area (Å²) >= 11 is 0. The predicted octanol–water partition coefficient (Wildman–Crippen LogP) is -0.568. The number of carbonyl (C=O) groups is 1. The molecule has 0 radical (unpaired) electrons. The van der Waals surface area contributed by atoms with Crippen molar-refractivity contribution >= 4 is 12.4 Å². The van der Waals surface area contributed by atoms with Crippen molar-refractivity contribution in [3.8, 4) is 0 Å². The summed E-state index contributed by atoms with van der Waals surface area (Å²) < 4.78 is 0. The largest absolute Gasteiger partial charge is 0.370 e. The van der Waals surface area contributed by atoms with E-state index in [-0.39, 0.29) is 12.0 Å². The lowest BCUT2D eigenvalue weighted by atomic mass is 10.1.